The minimum Gasteiger partial charge on any atom is -0.457 e. The van der Waals surface area contributed by atoms with Crippen LogP contribution in [0.25, 0.3) is 61.0 Å². The van der Waals surface area contributed by atoms with E-state index in [-0.39, 0.29) is 40.6 Å². The lowest BCUT2D eigenvalue weighted by Gasteiger charge is -2.30. The van der Waals surface area contributed by atoms with Gasteiger partial charge in [0.05, 0.1) is 29.3 Å². The number of aromatic nitrogens is 2. The van der Waals surface area contributed by atoms with Crippen LogP contribution in [0.2, 0.25) is 0 Å². The molecule has 0 amide bonds. The van der Waals surface area contributed by atoms with Crippen molar-refractivity contribution in [2.45, 2.75) is 59.3 Å². The van der Waals surface area contributed by atoms with Gasteiger partial charge in [0.1, 0.15) is 24.0 Å². The Morgan fingerprint density at radius 1 is 0.515 bits per heavy atom. The molecule has 8 aromatic carbocycles. The molecule has 2 aromatic heterocycles. The Morgan fingerprint density at radius 2 is 1.21 bits per heavy atom. The molecule has 0 spiro atoms. The summed E-state index contributed by atoms with van der Waals surface area (Å²) < 4.78 is 51.2. The van der Waals surface area contributed by atoms with Crippen LogP contribution < -0.4 is 14.5 Å². The quantitative estimate of drug-likeness (QED) is 0.152. The first-order valence-electron chi connectivity index (χ1n) is 25.8. The van der Waals surface area contributed by atoms with Crippen LogP contribution in [0.1, 0.15) is 65.1 Å². The van der Waals surface area contributed by atoms with Crippen LogP contribution in [-0.2, 0) is 10.8 Å². The van der Waals surface area contributed by atoms with Crippen molar-refractivity contribution >= 4 is 44.6 Å². The lowest BCUT2D eigenvalue weighted by atomic mass is 9.80. The fourth-order valence-corrected chi connectivity index (χ4v) is 9.52. The molecule has 0 bridgehead atoms. The Morgan fingerprint density at radius 3 is 1.91 bits per heavy atom. The number of ether oxygens (including phenoxy) is 1. The van der Waals surface area contributed by atoms with Crippen LogP contribution in [0.4, 0.5) is 22.7 Å². The van der Waals surface area contributed by atoms with Crippen molar-refractivity contribution in [3.05, 3.63) is 217 Å². The molecule has 0 unspecified atom stereocenters. The Labute approximate surface area is 407 Å². The second-order valence-corrected chi connectivity index (χ2v) is 19.9. The van der Waals surface area contributed by atoms with Crippen molar-refractivity contribution in [3.63, 3.8) is 0 Å². The van der Waals surface area contributed by atoms with Gasteiger partial charge in [-0.2, -0.15) is 0 Å². The third-order valence-electron chi connectivity index (χ3n) is 13.2. The molecule has 334 valence electrons. The zero-order chi connectivity index (χ0) is 51.1. The van der Waals surface area contributed by atoms with E-state index < -0.39 is 6.04 Å². The van der Waals surface area contributed by atoms with E-state index >= 15 is 0 Å². The standard InChI is InChI=1S/C63H56N4O/c1-42-33-60(64-40-56(42)45-23-15-10-16-24-45)67-57-32-29-46(43-19-11-8-12-20-43)34-55(57)54-31-30-52(39-59(54)67)68-51-26-17-25-49(38-51)65-41-66(50-36-47(62(2,3)4)35-48(37-50)63(5,6)7)61-53(27-18-28-58(61)65)44-21-13-9-14-22-44/h8-40H,41H2,1-7H3/i10D,15D,16D,23D,24D. The summed E-state index contributed by atoms with van der Waals surface area (Å²) in [7, 11) is 0. The average Bonchev–Trinajstić information content (AvgIpc) is 3.94. The zero-order valence-electron chi connectivity index (χ0n) is 44.6. The Bertz CT molecular complexity index is 3740. The molecule has 1 aliphatic heterocycles. The summed E-state index contributed by atoms with van der Waals surface area (Å²) in [5.74, 6) is 1.95. The van der Waals surface area contributed by atoms with Gasteiger partial charge in [0.15, 0.2) is 0 Å². The van der Waals surface area contributed by atoms with Gasteiger partial charge in [-0.1, -0.05) is 163 Å². The highest BCUT2D eigenvalue weighted by Gasteiger charge is 2.33. The lowest BCUT2D eigenvalue weighted by molar-refractivity contribution is 0.483. The maximum absolute atomic E-state index is 8.69. The molecule has 0 fully saturated rings. The van der Waals surface area contributed by atoms with E-state index in [1.807, 2.05) is 43.3 Å². The molecule has 3 heterocycles. The number of para-hydroxylation sites is 1. The van der Waals surface area contributed by atoms with E-state index in [0.29, 0.717) is 29.5 Å². The monoisotopic (exact) mass is 889 g/mol. The predicted octanol–water partition coefficient (Wildman–Crippen LogP) is 17.1. The molecule has 0 aliphatic carbocycles. The molecule has 0 saturated carbocycles. The maximum Gasteiger partial charge on any atom is 0.137 e. The van der Waals surface area contributed by atoms with Gasteiger partial charge in [0, 0.05) is 51.6 Å². The summed E-state index contributed by atoms with van der Waals surface area (Å²) >= 11 is 0. The van der Waals surface area contributed by atoms with Gasteiger partial charge >= 0.3 is 0 Å². The summed E-state index contributed by atoms with van der Waals surface area (Å²) in [5, 5.41) is 2.05. The second kappa shape index (κ2) is 16.8. The molecule has 0 N–H and O–H groups in total. The molecule has 0 saturated heterocycles. The summed E-state index contributed by atoms with van der Waals surface area (Å²) in [6.45, 7) is 16.2. The highest BCUT2D eigenvalue weighted by atomic mass is 16.5. The Balaban J connectivity index is 1.01. The fraction of sp³-hybridized carbons (Fsp3) is 0.159. The minimum atomic E-state index is -0.427. The van der Waals surface area contributed by atoms with E-state index in [1.54, 1.807) is 6.20 Å². The normalized spacial score (nSPS) is 13.8. The van der Waals surface area contributed by atoms with Crippen molar-refractivity contribution in [2.24, 2.45) is 0 Å². The summed E-state index contributed by atoms with van der Waals surface area (Å²) in [4.78, 5) is 9.80. The van der Waals surface area contributed by atoms with Gasteiger partial charge < -0.3 is 14.5 Å². The number of benzene rings is 8. The predicted molar refractivity (Wildman–Crippen MR) is 286 cm³/mol. The number of anilines is 4. The van der Waals surface area contributed by atoms with Gasteiger partial charge in [0.25, 0.3) is 0 Å². The van der Waals surface area contributed by atoms with Crippen molar-refractivity contribution in [3.8, 4) is 50.7 Å². The SMILES string of the molecule is [2H]c1c([2H])c([2H])c(-c2cnc(-n3c4ccc(-c5ccccc5)cc4c4ccc(Oc5cccc(N6CN(c7cc(C(C)(C)C)cc(C(C)(C)C)c7)c7c(-c8ccccc8)cccc76)c5)cc43)cc2C)c([2H])c1[2H]. The molecule has 1 aliphatic rings. The highest BCUT2D eigenvalue weighted by Crippen LogP contribution is 2.51. The second-order valence-electron chi connectivity index (χ2n) is 19.9. The number of fused-ring (bicyclic) bond motifs is 4. The first kappa shape index (κ1) is 37.2. The van der Waals surface area contributed by atoms with Crippen LogP contribution in [0.3, 0.4) is 0 Å². The molecule has 0 atom stereocenters. The van der Waals surface area contributed by atoms with Crippen LogP contribution in [0.5, 0.6) is 11.5 Å². The molecule has 5 heteroatoms. The number of aryl methyl sites for hydroxylation is 1. The topological polar surface area (TPSA) is 33.5 Å². The molecule has 5 nitrogen and oxygen atoms in total. The average molecular weight is 890 g/mol. The van der Waals surface area contributed by atoms with E-state index in [4.69, 9.17) is 16.6 Å². The number of hydrogen-bond donors (Lipinski definition) is 0. The van der Waals surface area contributed by atoms with Gasteiger partial charge in [0.2, 0.25) is 0 Å². The van der Waals surface area contributed by atoms with Gasteiger partial charge in [-0.05, 0) is 117 Å². The summed E-state index contributed by atoms with van der Waals surface area (Å²) in [6, 6.07) is 55.8. The van der Waals surface area contributed by atoms with Crippen LogP contribution in [0, 0.1) is 6.92 Å². The molecule has 0 radical (unpaired) electrons. The molecular formula is C63H56N4O. The van der Waals surface area contributed by atoms with E-state index in [2.05, 4.69) is 183 Å². The maximum atomic E-state index is 8.69. The Hall–Kier alpha value is -7.89. The number of pyridine rings is 1. The van der Waals surface area contributed by atoms with Crippen molar-refractivity contribution in [2.75, 3.05) is 16.5 Å². The summed E-state index contributed by atoms with van der Waals surface area (Å²) in [6.07, 6.45) is 1.62. The molecule has 68 heavy (non-hydrogen) atoms. The molecule has 11 rings (SSSR count). The van der Waals surface area contributed by atoms with Gasteiger partial charge in [-0.25, -0.2) is 4.98 Å². The van der Waals surface area contributed by atoms with E-state index in [9.17, 15) is 0 Å². The largest absolute Gasteiger partial charge is 0.457 e. The summed E-state index contributed by atoms with van der Waals surface area (Å²) in [5.41, 5.74) is 14.6. The van der Waals surface area contributed by atoms with Crippen molar-refractivity contribution in [1.82, 2.24) is 9.55 Å². The van der Waals surface area contributed by atoms with Crippen LogP contribution in [-0.4, -0.2) is 16.2 Å². The zero-order valence-corrected chi connectivity index (χ0v) is 39.6. The molecular weight excluding hydrogens is 829 g/mol. The van der Waals surface area contributed by atoms with E-state index in [1.165, 1.54) is 16.7 Å². The first-order valence-corrected chi connectivity index (χ1v) is 23.3. The van der Waals surface area contributed by atoms with Crippen LogP contribution >= 0.6 is 0 Å². The van der Waals surface area contributed by atoms with Crippen molar-refractivity contribution < 1.29 is 11.6 Å². The van der Waals surface area contributed by atoms with Gasteiger partial charge in [-0.3, -0.25) is 4.57 Å². The number of hydrogen-bond acceptors (Lipinski definition) is 4. The Kier molecular flexibility index (Phi) is 9.18. The highest BCUT2D eigenvalue weighted by molar-refractivity contribution is 6.11. The van der Waals surface area contributed by atoms with Crippen molar-refractivity contribution in [1.29, 1.82) is 0 Å². The third kappa shape index (κ3) is 7.88. The number of nitrogens with zero attached hydrogens (tertiary/aromatic N) is 4. The van der Waals surface area contributed by atoms with Crippen LogP contribution in [0.15, 0.2) is 200 Å². The first-order chi connectivity index (χ1) is 34.9. The van der Waals surface area contributed by atoms with Gasteiger partial charge in [-0.15, -0.1) is 0 Å². The third-order valence-corrected chi connectivity index (χ3v) is 13.2. The fourth-order valence-electron chi connectivity index (χ4n) is 9.52. The lowest BCUT2D eigenvalue weighted by Crippen LogP contribution is -2.25. The smallest absolute Gasteiger partial charge is 0.137 e. The van der Waals surface area contributed by atoms with E-state index in [0.717, 1.165) is 66.8 Å². The molecule has 10 aromatic rings. The number of rotatable bonds is 8. The minimum absolute atomic E-state index is 0.0527.